The van der Waals surface area contributed by atoms with E-state index in [1.807, 2.05) is 28.6 Å². The maximum Gasteiger partial charge on any atom is 0.263 e. The van der Waals surface area contributed by atoms with Crippen molar-refractivity contribution in [2.45, 2.75) is 38.3 Å². The van der Waals surface area contributed by atoms with Gasteiger partial charge in [-0.25, -0.2) is 9.67 Å². The summed E-state index contributed by atoms with van der Waals surface area (Å²) in [4.78, 5) is 18.6. The maximum absolute atomic E-state index is 12.8. The molecule has 0 N–H and O–H groups in total. The second-order valence-corrected chi connectivity index (χ2v) is 6.28. The van der Waals surface area contributed by atoms with Gasteiger partial charge >= 0.3 is 0 Å². The van der Waals surface area contributed by atoms with Gasteiger partial charge in [0.05, 0.1) is 11.1 Å². The average Bonchev–Trinajstić information content (AvgIpc) is 3.15. The van der Waals surface area contributed by atoms with Crippen LogP contribution in [0.3, 0.4) is 0 Å². The highest BCUT2D eigenvalue weighted by Gasteiger charge is 2.29. The normalized spacial score (nSPS) is 16.8. The molecule has 2 aromatic rings. The molecule has 128 valence electrons. The van der Waals surface area contributed by atoms with E-state index in [9.17, 15) is 4.79 Å². The number of carbonyl (C=O) groups is 1. The van der Waals surface area contributed by atoms with E-state index in [1.54, 1.807) is 24.8 Å². The van der Waals surface area contributed by atoms with Crippen LogP contribution in [-0.4, -0.2) is 44.8 Å². The molecule has 1 fully saturated rings. The molecule has 6 nitrogen and oxygen atoms in total. The second kappa shape index (κ2) is 7.66. The van der Waals surface area contributed by atoms with Crippen LogP contribution in [0, 0.1) is 0 Å². The molecular formula is C17H21ClN4O2. The standard InChI is InChI=1S/C17H21ClN4O2/c1-2-15(24-16-6-4-3-5-14(16)18)17(23)21-9-7-13(8-10-21)22-12-19-11-20-22/h3-6,11-13,15H,2,7-10H2,1H3/t15-/m0/s1. The Labute approximate surface area is 146 Å². The van der Waals surface area contributed by atoms with Gasteiger partial charge in [-0.2, -0.15) is 5.10 Å². The first-order valence-corrected chi connectivity index (χ1v) is 8.61. The number of amides is 1. The topological polar surface area (TPSA) is 60.2 Å². The third-order valence-electron chi connectivity index (χ3n) is 4.34. The third kappa shape index (κ3) is 3.70. The van der Waals surface area contributed by atoms with E-state index >= 15 is 0 Å². The highest BCUT2D eigenvalue weighted by Crippen LogP contribution is 2.26. The summed E-state index contributed by atoms with van der Waals surface area (Å²) in [6.45, 7) is 3.35. The van der Waals surface area contributed by atoms with Crippen LogP contribution in [0.2, 0.25) is 5.02 Å². The number of benzene rings is 1. The number of piperidine rings is 1. The monoisotopic (exact) mass is 348 g/mol. The molecule has 0 saturated carbocycles. The van der Waals surface area contributed by atoms with Crippen molar-refractivity contribution in [3.63, 3.8) is 0 Å². The first-order chi connectivity index (χ1) is 11.7. The molecule has 1 aliphatic rings. The predicted molar refractivity (Wildman–Crippen MR) is 91.0 cm³/mol. The van der Waals surface area contributed by atoms with E-state index in [0.29, 0.717) is 36.3 Å². The number of hydrogen-bond donors (Lipinski definition) is 0. The van der Waals surface area contributed by atoms with E-state index in [1.165, 1.54) is 0 Å². The first-order valence-electron chi connectivity index (χ1n) is 8.23. The Balaban J connectivity index is 1.60. The lowest BCUT2D eigenvalue weighted by Crippen LogP contribution is -2.46. The largest absolute Gasteiger partial charge is 0.479 e. The minimum Gasteiger partial charge on any atom is -0.479 e. The summed E-state index contributed by atoms with van der Waals surface area (Å²) in [5.74, 6) is 0.575. The fraction of sp³-hybridized carbons (Fsp3) is 0.471. The highest BCUT2D eigenvalue weighted by molar-refractivity contribution is 6.32. The van der Waals surface area contributed by atoms with Crippen molar-refractivity contribution in [3.05, 3.63) is 41.9 Å². The summed E-state index contributed by atoms with van der Waals surface area (Å²) in [5, 5.41) is 4.71. The summed E-state index contributed by atoms with van der Waals surface area (Å²) in [6, 6.07) is 7.54. The Morgan fingerprint density at radius 3 is 2.75 bits per heavy atom. The second-order valence-electron chi connectivity index (χ2n) is 5.88. The molecule has 3 rings (SSSR count). The SMILES string of the molecule is CC[C@H](Oc1ccccc1Cl)C(=O)N1CCC(n2cncn2)CC1. The Bertz CT molecular complexity index is 669. The molecule has 24 heavy (non-hydrogen) atoms. The van der Waals surface area contributed by atoms with Crippen LogP contribution in [0.4, 0.5) is 0 Å². The molecule has 0 unspecified atom stereocenters. The molecule has 2 heterocycles. The number of carbonyl (C=O) groups excluding carboxylic acids is 1. The number of ether oxygens (including phenoxy) is 1. The number of nitrogens with zero attached hydrogens (tertiary/aromatic N) is 4. The van der Waals surface area contributed by atoms with Crippen molar-refractivity contribution in [1.82, 2.24) is 19.7 Å². The highest BCUT2D eigenvalue weighted by atomic mass is 35.5. The molecule has 7 heteroatoms. The lowest BCUT2D eigenvalue weighted by Gasteiger charge is -2.34. The fourth-order valence-electron chi connectivity index (χ4n) is 2.96. The van der Waals surface area contributed by atoms with E-state index in [4.69, 9.17) is 16.3 Å². The molecule has 1 atom stereocenters. The smallest absolute Gasteiger partial charge is 0.263 e. The van der Waals surface area contributed by atoms with Crippen LogP contribution >= 0.6 is 11.6 Å². The molecule has 1 aromatic carbocycles. The molecule has 1 saturated heterocycles. The predicted octanol–water partition coefficient (Wildman–Crippen LogP) is 2.95. The Kier molecular flexibility index (Phi) is 5.35. The Morgan fingerprint density at radius 2 is 2.12 bits per heavy atom. The molecule has 1 amide bonds. The molecule has 0 radical (unpaired) electrons. The Hall–Kier alpha value is -2.08. The molecule has 0 spiro atoms. The molecule has 1 aromatic heterocycles. The zero-order chi connectivity index (χ0) is 16.9. The van der Waals surface area contributed by atoms with Gasteiger partial charge in [-0.3, -0.25) is 4.79 Å². The van der Waals surface area contributed by atoms with Crippen LogP contribution in [-0.2, 0) is 4.79 Å². The molecular weight excluding hydrogens is 328 g/mol. The van der Waals surface area contributed by atoms with Crippen LogP contribution in [0.1, 0.15) is 32.2 Å². The lowest BCUT2D eigenvalue weighted by atomic mass is 10.0. The third-order valence-corrected chi connectivity index (χ3v) is 4.65. The van der Waals surface area contributed by atoms with E-state index in [0.717, 1.165) is 12.8 Å². The van der Waals surface area contributed by atoms with Gasteiger partial charge in [0.2, 0.25) is 0 Å². The molecule has 0 bridgehead atoms. The van der Waals surface area contributed by atoms with Gasteiger partial charge in [0.15, 0.2) is 6.10 Å². The van der Waals surface area contributed by atoms with Crippen LogP contribution < -0.4 is 4.74 Å². The van der Waals surface area contributed by atoms with Crippen molar-refractivity contribution < 1.29 is 9.53 Å². The number of halogens is 1. The summed E-state index contributed by atoms with van der Waals surface area (Å²) in [7, 11) is 0. The summed E-state index contributed by atoms with van der Waals surface area (Å²) in [6.07, 6.45) is 5.12. The van der Waals surface area contributed by atoms with Crippen LogP contribution in [0.5, 0.6) is 5.75 Å². The number of aromatic nitrogens is 3. The van der Waals surface area contributed by atoms with Gasteiger partial charge in [-0.1, -0.05) is 30.7 Å². The van der Waals surface area contributed by atoms with Gasteiger partial charge in [0, 0.05) is 13.1 Å². The zero-order valence-corrected chi connectivity index (χ0v) is 14.4. The molecule has 1 aliphatic heterocycles. The lowest BCUT2D eigenvalue weighted by molar-refractivity contribution is -0.140. The number of para-hydroxylation sites is 1. The molecule has 0 aliphatic carbocycles. The fourth-order valence-corrected chi connectivity index (χ4v) is 3.14. The Morgan fingerprint density at radius 1 is 1.38 bits per heavy atom. The minimum atomic E-state index is -0.507. The maximum atomic E-state index is 12.8. The average molecular weight is 349 g/mol. The number of rotatable bonds is 5. The number of hydrogen-bond acceptors (Lipinski definition) is 4. The van der Waals surface area contributed by atoms with Gasteiger partial charge in [-0.15, -0.1) is 0 Å². The van der Waals surface area contributed by atoms with Gasteiger partial charge in [-0.05, 0) is 31.4 Å². The quantitative estimate of drug-likeness (QED) is 0.833. The van der Waals surface area contributed by atoms with Gasteiger partial charge in [0.25, 0.3) is 5.91 Å². The van der Waals surface area contributed by atoms with Crippen molar-refractivity contribution in [2.75, 3.05) is 13.1 Å². The summed E-state index contributed by atoms with van der Waals surface area (Å²) < 4.78 is 7.73. The van der Waals surface area contributed by atoms with Crippen molar-refractivity contribution in [1.29, 1.82) is 0 Å². The summed E-state index contributed by atoms with van der Waals surface area (Å²) in [5.41, 5.74) is 0. The summed E-state index contributed by atoms with van der Waals surface area (Å²) >= 11 is 6.13. The van der Waals surface area contributed by atoms with Crippen molar-refractivity contribution in [3.8, 4) is 5.75 Å². The zero-order valence-electron chi connectivity index (χ0n) is 13.6. The number of likely N-dealkylation sites (tertiary alicyclic amines) is 1. The minimum absolute atomic E-state index is 0.0226. The van der Waals surface area contributed by atoms with Crippen molar-refractivity contribution >= 4 is 17.5 Å². The first kappa shape index (κ1) is 16.8. The van der Waals surface area contributed by atoms with Crippen LogP contribution in [0.25, 0.3) is 0 Å². The van der Waals surface area contributed by atoms with Gasteiger partial charge in [0.1, 0.15) is 18.4 Å². The van der Waals surface area contributed by atoms with E-state index in [-0.39, 0.29) is 5.91 Å². The van der Waals surface area contributed by atoms with Crippen molar-refractivity contribution in [2.24, 2.45) is 0 Å². The van der Waals surface area contributed by atoms with Crippen LogP contribution in [0.15, 0.2) is 36.9 Å². The van der Waals surface area contributed by atoms with E-state index in [2.05, 4.69) is 10.1 Å². The van der Waals surface area contributed by atoms with E-state index < -0.39 is 6.10 Å². The van der Waals surface area contributed by atoms with Gasteiger partial charge < -0.3 is 9.64 Å².